The SMILES string of the molecule is COc1cc(OCCCCCOc2cc(OC)c(C(=O)N3CCC[C@H]3CO[Si](C)(C)C(C)(C)C)cc2N)c(N)cc1C(=O)N1CCCC1CO[Si](C)(C)C(C)(C)C. The maximum absolute atomic E-state index is 13.8. The molecule has 320 valence electrons. The first-order valence-corrected chi connectivity index (χ1v) is 26.5. The molecule has 4 rings (SSSR count). The Labute approximate surface area is 344 Å². The Hall–Kier alpha value is -3.47. The van der Waals surface area contributed by atoms with Gasteiger partial charge in [-0.05, 0) is 93.3 Å². The van der Waals surface area contributed by atoms with Crippen LogP contribution in [0.2, 0.25) is 36.3 Å². The predicted molar refractivity (Wildman–Crippen MR) is 234 cm³/mol. The van der Waals surface area contributed by atoms with E-state index in [1.54, 1.807) is 38.5 Å². The lowest BCUT2D eigenvalue weighted by Crippen LogP contribution is -2.46. The van der Waals surface area contributed by atoms with Gasteiger partial charge in [0, 0.05) is 25.2 Å². The van der Waals surface area contributed by atoms with Crippen molar-refractivity contribution < 1.29 is 37.4 Å². The molecular formula is C43H72N4O8Si2. The molecule has 2 atom stereocenters. The van der Waals surface area contributed by atoms with Gasteiger partial charge in [-0.25, -0.2) is 0 Å². The van der Waals surface area contributed by atoms with Gasteiger partial charge in [-0.1, -0.05) is 41.5 Å². The molecule has 2 saturated heterocycles. The number of anilines is 2. The van der Waals surface area contributed by atoms with E-state index in [0.29, 0.717) is 85.0 Å². The van der Waals surface area contributed by atoms with E-state index in [4.69, 9.17) is 39.3 Å². The highest BCUT2D eigenvalue weighted by molar-refractivity contribution is 6.74. The number of methoxy groups -OCH3 is 2. The van der Waals surface area contributed by atoms with Crippen molar-refractivity contribution in [1.29, 1.82) is 0 Å². The van der Waals surface area contributed by atoms with Crippen molar-refractivity contribution in [1.82, 2.24) is 9.80 Å². The third kappa shape index (κ3) is 11.4. The van der Waals surface area contributed by atoms with Gasteiger partial charge in [0.2, 0.25) is 0 Å². The number of carbonyl (C=O) groups excluding carboxylic acids is 2. The highest BCUT2D eigenvalue weighted by Gasteiger charge is 2.41. The van der Waals surface area contributed by atoms with Crippen molar-refractivity contribution in [2.45, 2.75) is 135 Å². The minimum atomic E-state index is -1.95. The molecule has 14 heteroatoms. The Bertz CT molecular complexity index is 1570. The number of nitrogen functional groups attached to an aromatic ring is 2. The minimum absolute atomic E-state index is 0.0192. The largest absolute Gasteiger partial charge is 0.496 e. The molecule has 0 radical (unpaired) electrons. The van der Waals surface area contributed by atoms with Crippen LogP contribution in [0.4, 0.5) is 11.4 Å². The zero-order valence-corrected chi connectivity index (χ0v) is 39.0. The molecule has 1 unspecified atom stereocenters. The number of rotatable bonds is 18. The maximum Gasteiger partial charge on any atom is 0.258 e. The van der Waals surface area contributed by atoms with E-state index in [1.807, 2.05) is 9.80 Å². The second-order valence-electron chi connectivity index (χ2n) is 18.7. The first-order valence-electron chi connectivity index (χ1n) is 20.7. The number of hydrogen-bond acceptors (Lipinski definition) is 10. The lowest BCUT2D eigenvalue weighted by molar-refractivity contribution is 0.0674. The second-order valence-corrected chi connectivity index (χ2v) is 28.3. The molecule has 2 fully saturated rings. The highest BCUT2D eigenvalue weighted by Crippen LogP contribution is 2.40. The van der Waals surface area contributed by atoms with Gasteiger partial charge in [0.1, 0.15) is 23.0 Å². The second kappa shape index (κ2) is 19.1. The van der Waals surface area contributed by atoms with Crippen molar-refractivity contribution in [3.8, 4) is 23.0 Å². The lowest BCUT2D eigenvalue weighted by atomic mass is 10.1. The van der Waals surface area contributed by atoms with Gasteiger partial charge in [-0.15, -0.1) is 0 Å². The van der Waals surface area contributed by atoms with Crippen molar-refractivity contribution in [2.75, 3.05) is 65.2 Å². The Morgan fingerprint density at radius 3 is 1.33 bits per heavy atom. The van der Waals surface area contributed by atoms with Crippen LogP contribution in [0.5, 0.6) is 23.0 Å². The van der Waals surface area contributed by atoms with Crippen molar-refractivity contribution in [2.24, 2.45) is 0 Å². The number of amides is 2. The van der Waals surface area contributed by atoms with E-state index < -0.39 is 16.6 Å². The van der Waals surface area contributed by atoms with Crippen LogP contribution in [-0.4, -0.2) is 104 Å². The van der Waals surface area contributed by atoms with Gasteiger partial charge in [0.15, 0.2) is 16.6 Å². The highest BCUT2D eigenvalue weighted by atomic mass is 28.4. The Kier molecular flexibility index (Phi) is 15.5. The maximum atomic E-state index is 13.8. The number of nitrogens with two attached hydrogens (primary N) is 2. The number of likely N-dealkylation sites (tertiary alicyclic amines) is 2. The van der Waals surface area contributed by atoms with Gasteiger partial charge >= 0.3 is 0 Å². The monoisotopic (exact) mass is 828 g/mol. The lowest BCUT2D eigenvalue weighted by Gasteiger charge is -2.38. The quantitative estimate of drug-likeness (QED) is 0.0849. The number of unbranched alkanes of at least 4 members (excludes halogenated alkanes) is 2. The van der Waals surface area contributed by atoms with Gasteiger partial charge in [0.05, 0.1) is 75.2 Å². The fourth-order valence-corrected chi connectivity index (χ4v) is 8.81. The average Bonchev–Trinajstić information content (AvgIpc) is 3.82. The Morgan fingerprint density at radius 1 is 0.632 bits per heavy atom. The zero-order valence-electron chi connectivity index (χ0n) is 37.0. The molecule has 0 bridgehead atoms. The number of carbonyl (C=O) groups is 2. The zero-order chi connectivity index (χ0) is 42.3. The molecule has 2 aliphatic heterocycles. The number of nitrogens with zero attached hydrogens (tertiary/aromatic N) is 2. The van der Waals surface area contributed by atoms with E-state index in [1.165, 1.54) is 0 Å². The van der Waals surface area contributed by atoms with E-state index in [2.05, 4.69) is 67.7 Å². The number of benzene rings is 2. The van der Waals surface area contributed by atoms with Crippen LogP contribution in [0.15, 0.2) is 24.3 Å². The molecule has 0 spiro atoms. The molecule has 0 aliphatic carbocycles. The standard InChI is InChI=1S/C43H72N4O8Si2/c1-42(2,3)56(9,10)54-28-30-18-16-20-46(30)40(48)32-24-34(44)38(26-36(32)50-7)52-22-14-13-15-23-53-39-27-37(51-8)33(25-35(39)45)41(49)47-21-17-19-31(47)29-55-57(11,12)43(4,5)6/h24-27,30-31H,13-23,28-29,44-45H2,1-12H3/t30-,31?/m0/s1. The Morgan fingerprint density at radius 2 is 1.00 bits per heavy atom. The third-order valence-electron chi connectivity index (χ3n) is 12.6. The van der Waals surface area contributed by atoms with E-state index in [0.717, 1.165) is 44.9 Å². The van der Waals surface area contributed by atoms with Gasteiger partial charge in [-0.2, -0.15) is 0 Å². The van der Waals surface area contributed by atoms with Crippen LogP contribution in [0.3, 0.4) is 0 Å². The van der Waals surface area contributed by atoms with Gasteiger partial charge in [-0.3, -0.25) is 9.59 Å². The molecule has 2 heterocycles. The summed E-state index contributed by atoms with van der Waals surface area (Å²) in [6, 6.07) is 6.79. The first kappa shape index (κ1) is 46.2. The summed E-state index contributed by atoms with van der Waals surface area (Å²) < 4.78 is 36.4. The molecule has 0 aromatic heterocycles. The van der Waals surface area contributed by atoms with Crippen molar-refractivity contribution in [3.05, 3.63) is 35.4 Å². The summed E-state index contributed by atoms with van der Waals surface area (Å²) >= 11 is 0. The fourth-order valence-electron chi connectivity index (χ4n) is 6.73. The molecule has 2 aromatic carbocycles. The van der Waals surface area contributed by atoms with Gasteiger partial charge in [0.25, 0.3) is 11.8 Å². The van der Waals surface area contributed by atoms with E-state index >= 15 is 0 Å². The van der Waals surface area contributed by atoms with Gasteiger partial charge < -0.3 is 49.1 Å². The van der Waals surface area contributed by atoms with Crippen LogP contribution in [-0.2, 0) is 8.85 Å². The summed E-state index contributed by atoms with van der Waals surface area (Å²) in [6.45, 7) is 25.6. The average molecular weight is 829 g/mol. The van der Waals surface area contributed by atoms with Crippen LogP contribution in [0, 0.1) is 0 Å². The molecule has 12 nitrogen and oxygen atoms in total. The predicted octanol–water partition coefficient (Wildman–Crippen LogP) is 8.75. The number of hydrogen-bond donors (Lipinski definition) is 2. The Balaban J connectivity index is 1.26. The third-order valence-corrected chi connectivity index (χ3v) is 21.6. The summed E-state index contributed by atoms with van der Waals surface area (Å²) in [5.74, 6) is 1.63. The molecule has 4 N–H and O–H groups in total. The smallest absolute Gasteiger partial charge is 0.258 e. The summed E-state index contributed by atoms with van der Waals surface area (Å²) in [5.41, 5.74) is 14.5. The fraction of sp³-hybridized carbons (Fsp3) is 0.674. The normalized spacial score (nSPS) is 17.9. The van der Waals surface area contributed by atoms with Crippen LogP contribution in [0.1, 0.15) is 107 Å². The summed E-state index contributed by atoms with van der Waals surface area (Å²) in [6.07, 6.45) is 6.05. The topological polar surface area (TPSA) is 148 Å². The van der Waals surface area contributed by atoms with Crippen molar-refractivity contribution in [3.63, 3.8) is 0 Å². The first-order chi connectivity index (χ1) is 26.6. The van der Waals surface area contributed by atoms with E-state index in [-0.39, 0.29) is 34.0 Å². The molecular weight excluding hydrogens is 757 g/mol. The summed E-state index contributed by atoms with van der Waals surface area (Å²) in [5, 5.41) is 0.197. The van der Waals surface area contributed by atoms with Crippen LogP contribution < -0.4 is 30.4 Å². The van der Waals surface area contributed by atoms with Crippen LogP contribution >= 0.6 is 0 Å². The summed E-state index contributed by atoms with van der Waals surface area (Å²) in [4.78, 5) is 31.4. The summed E-state index contributed by atoms with van der Waals surface area (Å²) in [7, 11) is -0.786. The molecule has 2 aliphatic rings. The molecule has 57 heavy (non-hydrogen) atoms. The molecule has 2 amide bonds. The minimum Gasteiger partial charge on any atom is -0.496 e. The molecule has 2 aromatic rings. The number of ether oxygens (including phenoxy) is 4. The molecule has 0 saturated carbocycles. The van der Waals surface area contributed by atoms with Crippen molar-refractivity contribution >= 4 is 39.8 Å². The van der Waals surface area contributed by atoms with E-state index in [9.17, 15) is 9.59 Å². The van der Waals surface area contributed by atoms with Crippen LogP contribution in [0.25, 0.3) is 0 Å².